The number of halogens is 2. The zero-order chi connectivity index (χ0) is 18.3. The number of rotatable bonds is 4. The fourth-order valence-electron chi connectivity index (χ4n) is 2.62. The van der Waals surface area contributed by atoms with E-state index in [1.807, 2.05) is 0 Å². The van der Waals surface area contributed by atoms with Gasteiger partial charge in [0.1, 0.15) is 17.3 Å². The summed E-state index contributed by atoms with van der Waals surface area (Å²) in [5.74, 6) is -1.57. The van der Waals surface area contributed by atoms with Crippen molar-refractivity contribution >= 4 is 10.0 Å². The predicted molar refractivity (Wildman–Crippen MR) is 85.4 cm³/mol. The van der Waals surface area contributed by atoms with Crippen LogP contribution in [0.2, 0.25) is 0 Å². The quantitative estimate of drug-likeness (QED) is 0.691. The van der Waals surface area contributed by atoms with Gasteiger partial charge in [0, 0.05) is 25.4 Å². The molecule has 3 aromatic rings. The second-order valence-corrected chi connectivity index (χ2v) is 7.73. The van der Waals surface area contributed by atoms with Crippen LogP contribution in [0.15, 0.2) is 52.0 Å². The summed E-state index contributed by atoms with van der Waals surface area (Å²) >= 11 is 0. The number of pyridine rings is 1. The Balaban J connectivity index is 1.49. The molecule has 1 saturated heterocycles. The third-order valence-electron chi connectivity index (χ3n) is 4.01. The van der Waals surface area contributed by atoms with Gasteiger partial charge >= 0.3 is 0 Å². The van der Waals surface area contributed by atoms with E-state index in [0.29, 0.717) is 23.5 Å². The highest BCUT2D eigenvalue weighted by atomic mass is 32.2. The number of hydrogen-bond acceptors (Lipinski definition) is 6. The lowest BCUT2D eigenvalue weighted by Crippen LogP contribution is -2.48. The summed E-state index contributed by atoms with van der Waals surface area (Å²) in [5.41, 5.74) is 0.543. The van der Waals surface area contributed by atoms with Crippen molar-refractivity contribution in [2.75, 3.05) is 13.1 Å². The number of benzene rings is 1. The van der Waals surface area contributed by atoms with Crippen molar-refractivity contribution in [1.82, 2.24) is 19.4 Å². The first kappa shape index (κ1) is 16.7. The molecule has 1 aliphatic heterocycles. The first-order chi connectivity index (χ1) is 12.4. The average Bonchev–Trinajstić information content (AvgIpc) is 3.03. The van der Waals surface area contributed by atoms with E-state index in [0.717, 1.165) is 16.4 Å². The van der Waals surface area contributed by atoms with Crippen molar-refractivity contribution in [3.8, 4) is 11.5 Å². The van der Waals surface area contributed by atoms with Crippen LogP contribution in [0.5, 0.6) is 0 Å². The first-order valence-corrected chi connectivity index (χ1v) is 9.09. The first-order valence-electron chi connectivity index (χ1n) is 7.65. The molecule has 0 radical (unpaired) electrons. The topological polar surface area (TPSA) is 89.2 Å². The van der Waals surface area contributed by atoms with E-state index in [2.05, 4.69) is 15.1 Å². The van der Waals surface area contributed by atoms with E-state index in [-0.39, 0.29) is 19.0 Å². The molecule has 1 aliphatic rings. The Morgan fingerprint density at radius 3 is 2.50 bits per heavy atom. The van der Waals surface area contributed by atoms with E-state index >= 15 is 0 Å². The van der Waals surface area contributed by atoms with E-state index < -0.39 is 26.6 Å². The van der Waals surface area contributed by atoms with Gasteiger partial charge < -0.3 is 4.52 Å². The van der Waals surface area contributed by atoms with Gasteiger partial charge in [0.15, 0.2) is 0 Å². The third kappa shape index (κ3) is 2.97. The summed E-state index contributed by atoms with van der Waals surface area (Å²) in [6.45, 7) is 0.175. The summed E-state index contributed by atoms with van der Waals surface area (Å²) in [5, 5.41) is 3.84. The van der Waals surface area contributed by atoms with Gasteiger partial charge in [0.2, 0.25) is 21.7 Å². The number of hydrogen-bond donors (Lipinski definition) is 0. The van der Waals surface area contributed by atoms with Crippen LogP contribution < -0.4 is 0 Å². The summed E-state index contributed by atoms with van der Waals surface area (Å²) in [7, 11) is -3.98. The smallest absolute Gasteiger partial charge is 0.243 e. The molecule has 3 heterocycles. The van der Waals surface area contributed by atoms with E-state index in [9.17, 15) is 17.2 Å². The summed E-state index contributed by atoms with van der Waals surface area (Å²) in [6, 6.07) is 7.47. The molecule has 0 saturated carbocycles. The molecule has 134 valence electrons. The maximum atomic E-state index is 13.3. The zero-order valence-corrected chi connectivity index (χ0v) is 14.0. The Morgan fingerprint density at radius 2 is 1.85 bits per heavy atom. The lowest BCUT2D eigenvalue weighted by molar-refractivity contribution is 0.216. The molecule has 0 aliphatic carbocycles. The number of sulfonamides is 1. The van der Waals surface area contributed by atoms with Gasteiger partial charge in [-0.15, -0.1) is 0 Å². The van der Waals surface area contributed by atoms with Crippen LogP contribution in [0, 0.1) is 11.6 Å². The second-order valence-electron chi connectivity index (χ2n) is 5.80. The van der Waals surface area contributed by atoms with Crippen molar-refractivity contribution < 1.29 is 21.7 Å². The lowest BCUT2D eigenvalue weighted by atomic mass is 10.0. The fourth-order valence-corrected chi connectivity index (χ4v) is 4.19. The fraction of sp³-hybridized carbons (Fsp3) is 0.188. The van der Waals surface area contributed by atoms with Gasteiger partial charge in [-0.25, -0.2) is 17.2 Å². The Bertz CT molecular complexity index is 1030. The summed E-state index contributed by atoms with van der Waals surface area (Å²) < 4.78 is 57.7. The molecule has 0 amide bonds. The molecule has 2 aromatic heterocycles. The highest BCUT2D eigenvalue weighted by Gasteiger charge is 2.40. The third-order valence-corrected chi connectivity index (χ3v) is 5.82. The average molecular weight is 378 g/mol. The van der Waals surface area contributed by atoms with Crippen LogP contribution in [0.1, 0.15) is 11.8 Å². The highest BCUT2D eigenvalue weighted by molar-refractivity contribution is 7.89. The minimum absolute atomic E-state index is 0.0876. The normalized spacial score (nSPS) is 15.8. The molecule has 4 rings (SSSR count). The van der Waals surface area contributed by atoms with E-state index in [1.165, 1.54) is 0 Å². The predicted octanol–water partition coefficient (Wildman–Crippen LogP) is 2.20. The maximum Gasteiger partial charge on any atom is 0.243 e. The minimum Gasteiger partial charge on any atom is -0.339 e. The Labute approximate surface area is 147 Å². The minimum atomic E-state index is -3.98. The van der Waals surface area contributed by atoms with Gasteiger partial charge in [-0.3, -0.25) is 4.98 Å². The maximum absolute atomic E-state index is 13.3. The SMILES string of the molecule is O=S(=O)(c1cc(F)cc(F)c1)N1CC(c2nc(-c3ccccn3)no2)C1. The van der Waals surface area contributed by atoms with E-state index in [4.69, 9.17) is 4.52 Å². The zero-order valence-electron chi connectivity index (χ0n) is 13.2. The Kier molecular flexibility index (Phi) is 4.00. The van der Waals surface area contributed by atoms with Crippen LogP contribution in [-0.2, 0) is 10.0 Å². The lowest BCUT2D eigenvalue weighted by Gasteiger charge is -2.35. The number of nitrogens with zero attached hydrogens (tertiary/aromatic N) is 4. The standard InChI is InChI=1S/C16H12F2N4O3S/c17-11-5-12(18)7-13(6-11)26(23,24)22-8-10(9-22)16-20-15(21-25-16)14-3-1-2-4-19-14/h1-7,10H,8-9H2. The molecule has 0 bridgehead atoms. The van der Waals surface area contributed by atoms with Crippen molar-refractivity contribution in [3.63, 3.8) is 0 Å². The monoisotopic (exact) mass is 378 g/mol. The van der Waals surface area contributed by atoms with Crippen molar-refractivity contribution in [1.29, 1.82) is 0 Å². The van der Waals surface area contributed by atoms with Crippen LogP contribution in [-0.4, -0.2) is 40.9 Å². The van der Waals surface area contributed by atoms with Gasteiger partial charge in [-0.1, -0.05) is 11.2 Å². The summed E-state index contributed by atoms with van der Waals surface area (Å²) in [4.78, 5) is 7.93. The number of aromatic nitrogens is 3. The molecule has 0 unspecified atom stereocenters. The van der Waals surface area contributed by atoms with Gasteiger partial charge in [-0.05, 0) is 24.3 Å². The van der Waals surface area contributed by atoms with Crippen LogP contribution >= 0.6 is 0 Å². The molecule has 0 spiro atoms. The van der Waals surface area contributed by atoms with Crippen molar-refractivity contribution in [2.45, 2.75) is 10.8 Å². The molecule has 0 N–H and O–H groups in total. The van der Waals surface area contributed by atoms with Crippen molar-refractivity contribution in [2.24, 2.45) is 0 Å². The molecule has 1 fully saturated rings. The Hall–Kier alpha value is -2.72. The van der Waals surface area contributed by atoms with E-state index in [1.54, 1.807) is 24.4 Å². The second kappa shape index (κ2) is 6.22. The van der Waals surface area contributed by atoms with Crippen LogP contribution in [0.3, 0.4) is 0 Å². The molecule has 1 aromatic carbocycles. The van der Waals surface area contributed by atoms with Gasteiger partial charge in [-0.2, -0.15) is 9.29 Å². The van der Waals surface area contributed by atoms with Crippen LogP contribution in [0.25, 0.3) is 11.5 Å². The molecular weight excluding hydrogens is 366 g/mol. The molecule has 0 atom stereocenters. The molecular formula is C16H12F2N4O3S. The molecule has 10 heteroatoms. The van der Waals surface area contributed by atoms with Crippen molar-refractivity contribution in [3.05, 3.63) is 60.1 Å². The largest absolute Gasteiger partial charge is 0.339 e. The molecule has 7 nitrogen and oxygen atoms in total. The molecule has 26 heavy (non-hydrogen) atoms. The highest BCUT2D eigenvalue weighted by Crippen LogP contribution is 2.32. The van der Waals surface area contributed by atoms with Crippen LogP contribution in [0.4, 0.5) is 8.78 Å². The Morgan fingerprint density at radius 1 is 1.12 bits per heavy atom. The van der Waals surface area contributed by atoms with Gasteiger partial charge in [0.25, 0.3) is 0 Å². The summed E-state index contributed by atoms with van der Waals surface area (Å²) in [6.07, 6.45) is 1.60. The van der Waals surface area contributed by atoms with Gasteiger partial charge in [0.05, 0.1) is 10.8 Å².